The summed E-state index contributed by atoms with van der Waals surface area (Å²) in [7, 11) is 0. The van der Waals surface area contributed by atoms with Crippen molar-refractivity contribution in [2.24, 2.45) is 0 Å². The van der Waals surface area contributed by atoms with Gasteiger partial charge in [0, 0.05) is 33.1 Å². The van der Waals surface area contributed by atoms with E-state index < -0.39 is 12.1 Å². The molecule has 150 valence electrons. The van der Waals surface area contributed by atoms with E-state index in [0.29, 0.717) is 37.6 Å². The van der Waals surface area contributed by atoms with E-state index in [-0.39, 0.29) is 30.9 Å². The fourth-order valence-corrected chi connectivity index (χ4v) is 3.24. The normalized spacial score (nSPS) is 17.5. The Balaban J connectivity index is 1.55. The van der Waals surface area contributed by atoms with Crippen molar-refractivity contribution in [3.8, 4) is 5.75 Å². The number of nitrogens with zero attached hydrogens (tertiary/aromatic N) is 3. The van der Waals surface area contributed by atoms with Gasteiger partial charge in [-0.3, -0.25) is 24.1 Å². The predicted molar refractivity (Wildman–Crippen MR) is 98.7 cm³/mol. The lowest BCUT2D eigenvalue weighted by molar-refractivity contribution is -0.159. The molecule has 1 atom stereocenters. The highest BCUT2D eigenvalue weighted by atomic mass is 16.5. The van der Waals surface area contributed by atoms with Gasteiger partial charge in [-0.2, -0.15) is 0 Å². The van der Waals surface area contributed by atoms with Crippen molar-refractivity contribution in [3.63, 3.8) is 0 Å². The van der Waals surface area contributed by atoms with E-state index in [1.54, 1.807) is 34.1 Å². The van der Waals surface area contributed by atoms with Crippen molar-refractivity contribution < 1.29 is 28.7 Å². The third-order valence-electron chi connectivity index (χ3n) is 4.79. The van der Waals surface area contributed by atoms with Crippen molar-refractivity contribution in [1.29, 1.82) is 0 Å². The molecule has 0 bridgehead atoms. The van der Waals surface area contributed by atoms with Crippen LogP contribution in [0.4, 0.5) is 5.69 Å². The van der Waals surface area contributed by atoms with Crippen molar-refractivity contribution >= 4 is 29.4 Å². The molecule has 0 aliphatic carbocycles. The first-order valence-corrected chi connectivity index (χ1v) is 9.13. The second-order valence-electron chi connectivity index (χ2n) is 6.70. The van der Waals surface area contributed by atoms with Gasteiger partial charge in [0.25, 0.3) is 11.8 Å². The van der Waals surface area contributed by atoms with Crippen molar-refractivity contribution in [2.75, 3.05) is 44.2 Å². The maximum atomic E-state index is 12.5. The van der Waals surface area contributed by atoms with Crippen LogP contribution in [-0.2, 0) is 23.9 Å². The summed E-state index contributed by atoms with van der Waals surface area (Å²) in [6, 6.07) is 6.92. The summed E-state index contributed by atoms with van der Waals surface area (Å²) in [5.41, 5.74) is 0.495. The number of esters is 1. The summed E-state index contributed by atoms with van der Waals surface area (Å²) in [4.78, 5) is 52.9. The minimum atomic E-state index is -0.970. The molecular formula is C19H23N3O6. The quantitative estimate of drug-likeness (QED) is 0.675. The smallest absolute Gasteiger partial charge is 0.326 e. The van der Waals surface area contributed by atoms with Crippen LogP contribution in [0.3, 0.4) is 0 Å². The summed E-state index contributed by atoms with van der Waals surface area (Å²) >= 11 is 0. The van der Waals surface area contributed by atoms with Crippen LogP contribution in [0.15, 0.2) is 24.3 Å². The fourth-order valence-electron chi connectivity index (χ4n) is 3.24. The fraction of sp³-hybridized carbons (Fsp3) is 0.474. The van der Waals surface area contributed by atoms with Gasteiger partial charge in [-0.1, -0.05) is 12.1 Å². The van der Waals surface area contributed by atoms with E-state index in [2.05, 4.69) is 0 Å². The molecule has 0 N–H and O–H groups in total. The summed E-state index contributed by atoms with van der Waals surface area (Å²) < 4.78 is 10.6. The molecule has 9 heteroatoms. The van der Waals surface area contributed by atoms with Gasteiger partial charge in [0.1, 0.15) is 12.3 Å². The second-order valence-corrected chi connectivity index (χ2v) is 6.70. The monoisotopic (exact) mass is 389 g/mol. The van der Waals surface area contributed by atoms with Gasteiger partial charge in [0.15, 0.2) is 12.7 Å². The second kappa shape index (κ2) is 8.28. The number of rotatable bonds is 4. The minimum absolute atomic E-state index is 0.0259. The number of anilines is 1. The predicted octanol–water partition coefficient (Wildman–Crippen LogP) is 0.0344. The Labute approximate surface area is 162 Å². The zero-order valence-corrected chi connectivity index (χ0v) is 15.9. The highest BCUT2D eigenvalue weighted by molar-refractivity contribution is 6.01. The minimum Gasteiger partial charge on any atom is -0.482 e. The van der Waals surface area contributed by atoms with E-state index in [1.807, 2.05) is 0 Å². The molecule has 2 aliphatic heterocycles. The molecule has 2 heterocycles. The Kier molecular flexibility index (Phi) is 5.81. The molecule has 1 aromatic carbocycles. The molecule has 0 radical (unpaired) electrons. The Hall–Kier alpha value is -3.10. The first kappa shape index (κ1) is 19.7. The van der Waals surface area contributed by atoms with Gasteiger partial charge in [-0.15, -0.1) is 0 Å². The number of benzene rings is 1. The first-order chi connectivity index (χ1) is 13.4. The van der Waals surface area contributed by atoms with Gasteiger partial charge >= 0.3 is 5.97 Å². The average molecular weight is 389 g/mol. The highest BCUT2D eigenvalue weighted by Gasteiger charge is 2.31. The molecule has 0 spiro atoms. The molecule has 0 aromatic heterocycles. The SMILES string of the molecule is CC(=O)N1CCN(C(=O)C(C)OC(=O)CN2C(=O)COc3ccccc32)CC1. The number of hydrogen-bond acceptors (Lipinski definition) is 6. The molecule has 1 aromatic rings. The average Bonchev–Trinajstić information content (AvgIpc) is 2.69. The van der Waals surface area contributed by atoms with Crippen LogP contribution in [0.25, 0.3) is 0 Å². The van der Waals surface area contributed by atoms with Crippen molar-refractivity contribution in [3.05, 3.63) is 24.3 Å². The van der Waals surface area contributed by atoms with E-state index in [9.17, 15) is 19.2 Å². The molecule has 1 unspecified atom stereocenters. The zero-order valence-electron chi connectivity index (χ0n) is 15.9. The van der Waals surface area contributed by atoms with Gasteiger partial charge < -0.3 is 19.3 Å². The number of ether oxygens (including phenoxy) is 2. The first-order valence-electron chi connectivity index (χ1n) is 9.13. The van der Waals surface area contributed by atoms with Gasteiger partial charge in [-0.25, -0.2) is 0 Å². The summed E-state index contributed by atoms with van der Waals surface area (Å²) in [5.74, 6) is -0.849. The summed E-state index contributed by atoms with van der Waals surface area (Å²) in [6.45, 7) is 4.26. The van der Waals surface area contributed by atoms with Crippen LogP contribution in [0.5, 0.6) is 5.75 Å². The Bertz CT molecular complexity index is 788. The molecule has 0 saturated carbocycles. The van der Waals surface area contributed by atoms with Crippen molar-refractivity contribution in [2.45, 2.75) is 20.0 Å². The number of carbonyl (C=O) groups is 4. The van der Waals surface area contributed by atoms with Crippen molar-refractivity contribution in [1.82, 2.24) is 9.80 Å². The zero-order chi connectivity index (χ0) is 20.3. The Morgan fingerprint density at radius 2 is 1.75 bits per heavy atom. The number of fused-ring (bicyclic) bond motifs is 1. The van der Waals surface area contributed by atoms with E-state index in [1.165, 1.54) is 18.7 Å². The van der Waals surface area contributed by atoms with Crippen LogP contribution in [0.1, 0.15) is 13.8 Å². The number of carbonyl (C=O) groups excluding carboxylic acids is 4. The lowest BCUT2D eigenvalue weighted by Gasteiger charge is -2.35. The number of para-hydroxylation sites is 2. The molecule has 9 nitrogen and oxygen atoms in total. The molecule has 1 saturated heterocycles. The highest BCUT2D eigenvalue weighted by Crippen LogP contribution is 2.31. The molecular weight excluding hydrogens is 366 g/mol. The van der Waals surface area contributed by atoms with Crippen LogP contribution < -0.4 is 9.64 Å². The van der Waals surface area contributed by atoms with Crippen LogP contribution >= 0.6 is 0 Å². The van der Waals surface area contributed by atoms with E-state index in [4.69, 9.17) is 9.47 Å². The topological polar surface area (TPSA) is 96.5 Å². The van der Waals surface area contributed by atoms with Gasteiger partial charge in [-0.05, 0) is 19.1 Å². The standard InChI is InChI=1S/C19H23N3O6/c1-13(19(26)21-9-7-20(8-10-21)14(2)23)28-18(25)11-22-15-5-3-4-6-16(15)27-12-17(22)24/h3-6,13H,7-12H2,1-2H3. The number of piperazine rings is 1. The molecule has 2 aliphatic rings. The van der Waals surface area contributed by atoms with Crippen LogP contribution in [-0.4, -0.2) is 78.9 Å². The van der Waals surface area contributed by atoms with Crippen LogP contribution in [0.2, 0.25) is 0 Å². The molecule has 1 fully saturated rings. The van der Waals surface area contributed by atoms with Gasteiger partial charge in [0.05, 0.1) is 5.69 Å². The van der Waals surface area contributed by atoms with Crippen LogP contribution in [0, 0.1) is 0 Å². The molecule has 3 rings (SSSR count). The molecule has 28 heavy (non-hydrogen) atoms. The largest absolute Gasteiger partial charge is 0.482 e. The Morgan fingerprint density at radius 1 is 1.11 bits per heavy atom. The third-order valence-corrected chi connectivity index (χ3v) is 4.79. The number of hydrogen-bond donors (Lipinski definition) is 0. The maximum Gasteiger partial charge on any atom is 0.326 e. The summed E-state index contributed by atoms with van der Waals surface area (Å²) in [6.07, 6.45) is -0.970. The lowest BCUT2D eigenvalue weighted by Crippen LogP contribution is -2.53. The molecule has 3 amide bonds. The van der Waals surface area contributed by atoms with Gasteiger partial charge in [0.2, 0.25) is 5.91 Å². The Morgan fingerprint density at radius 3 is 2.43 bits per heavy atom. The van der Waals surface area contributed by atoms with E-state index in [0.717, 1.165) is 0 Å². The lowest BCUT2D eigenvalue weighted by atomic mass is 10.2. The maximum absolute atomic E-state index is 12.5. The summed E-state index contributed by atoms with van der Waals surface area (Å²) in [5, 5.41) is 0. The third kappa shape index (κ3) is 4.24. The van der Waals surface area contributed by atoms with E-state index >= 15 is 0 Å². The number of amides is 3.